The predicted molar refractivity (Wildman–Crippen MR) is 128 cm³/mol. The van der Waals surface area contributed by atoms with Crippen molar-refractivity contribution >= 4 is 44.8 Å². The van der Waals surface area contributed by atoms with Crippen molar-refractivity contribution in [2.45, 2.75) is 31.8 Å². The number of halogens is 1. The molecule has 1 N–H and O–H groups in total. The van der Waals surface area contributed by atoms with Crippen molar-refractivity contribution in [1.29, 1.82) is 0 Å². The van der Waals surface area contributed by atoms with Gasteiger partial charge in [0.2, 0.25) is 10.0 Å². The zero-order chi connectivity index (χ0) is 23.6. The molecule has 0 radical (unpaired) electrons. The minimum atomic E-state index is -3.60. The van der Waals surface area contributed by atoms with Gasteiger partial charge in [-0.2, -0.15) is 0 Å². The number of nitrogens with one attached hydrogen (secondary N) is 1. The Morgan fingerprint density at radius 2 is 1.79 bits per heavy atom. The van der Waals surface area contributed by atoms with E-state index in [2.05, 4.69) is 5.32 Å². The van der Waals surface area contributed by atoms with Crippen molar-refractivity contribution in [3.63, 3.8) is 0 Å². The lowest BCUT2D eigenvalue weighted by molar-refractivity contribution is -0.122. The van der Waals surface area contributed by atoms with Gasteiger partial charge >= 0.3 is 0 Å². The van der Waals surface area contributed by atoms with Gasteiger partial charge in [0, 0.05) is 31.1 Å². The summed E-state index contributed by atoms with van der Waals surface area (Å²) in [6.45, 7) is 1.46. The molecule has 1 saturated heterocycles. The van der Waals surface area contributed by atoms with E-state index in [1.54, 1.807) is 41.3 Å². The highest BCUT2D eigenvalue weighted by Gasteiger charge is 2.32. The summed E-state index contributed by atoms with van der Waals surface area (Å²) in [6, 6.07) is 11.5. The first-order chi connectivity index (χ1) is 15.7. The summed E-state index contributed by atoms with van der Waals surface area (Å²) >= 11 is 6.07. The zero-order valence-electron chi connectivity index (χ0n) is 18.3. The smallest absolute Gasteiger partial charge is 0.265 e. The number of likely N-dealkylation sites (tertiary alicyclic amines) is 1. The number of rotatable bonds is 4. The van der Waals surface area contributed by atoms with Crippen molar-refractivity contribution in [2.24, 2.45) is 0 Å². The number of sulfonamides is 1. The van der Waals surface area contributed by atoms with Crippen LogP contribution < -0.4 is 14.4 Å². The van der Waals surface area contributed by atoms with Gasteiger partial charge in [0.15, 0.2) is 6.10 Å². The second kappa shape index (κ2) is 9.61. The van der Waals surface area contributed by atoms with Crippen LogP contribution in [0.4, 0.5) is 11.4 Å². The Labute approximate surface area is 198 Å². The van der Waals surface area contributed by atoms with E-state index < -0.39 is 22.0 Å². The summed E-state index contributed by atoms with van der Waals surface area (Å²) in [7, 11) is -3.60. The van der Waals surface area contributed by atoms with Crippen LogP contribution in [0.25, 0.3) is 0 Å². The van der Waals surface area contributed by atoms with Gasteiger partial charge in [0.05, 0.1) is 23.2 Å². The highest BCUT2D eigenvalue weighted by atomic mass is 35.5. The molecule has 176 valence electrons. The number of carbonyl (C=O) groups excluding carboxylic acids is 2. The molecule has 2 aliphatic heterocycles. The molecule has 1 atom stereocenters. The van der Waals surface area contributed by atoms with Crippen LogP contribution in [0.2, 0.25) is 5.02 Å². The predicted octanol–water partition coefficient (Wildman–Crippen LogP) is 3.52. The molecule has 8 nitrogen and oxygen atoms in total. The largest absolute Gasteiger partial charge is 0.478 e. The maximum atomic E-state index is 13.1. The van der Waals surface area contributed by atoms with Crippen LogP contribution in [0.5, 0.6) is 5.75 Å². The van der Waals surface area contributed by atoms with Crippen LogP contribution >= 0.6 is 11.6 Å². The molecule has 0 spiro atoms. The number of fused-ring (bicyclic) bond motifs is 1. The third-order valence-electron chi connectivity index (χ3n) is 5.80. The number of para-hydroxylation sites is 1. The number of hydrogen-bond donors (Lipinski definition) is 1. The average Bonchev–Trinajstić information content (AvgIpc) is 2.99. The Morgan fingerprint density at radius 1 is 1.06 bits per heavy atom. The number of amides is 2. The summed E-state index contributed by atoms with van der Waals surface area (Å²) < 4.78 is 31.8. The lowest BCUT2D eigenvalue weighted by Gasteiger charge is -2.27. The fraction of sp³-hybridized carbons (Fsp3) is 0.391. The van der Waals surface area contributed by atoms with Crippen LogP contribution in [0.15, 0.2) is 42.5 Å². The van der Waals surface area contributed by atoms with Gasteiger partial charge in [-0.3, -0.25) is 13.9 Å². The molecule has 2 amide bonds. The van der Waals surface area contributed by atoms with Crippen molar-refractivity contribution in [3.05, 3.63) is 53.1 Å². The fourth-order valence-corrected chi connectivity index (χ4v) is 5.24. The van der Waals surface area contributed by atoms with E-state index in [1.807, 2.05) is 0 Å². The van der Waals surface area contributed by atoms with Crippen LogP contribution in [0.3, 0.4) is 0 Å². The number of piperidine rings is 1. The van der Waals surface area contributed by atoms with Crippen molar-refractivity contribution in [1.82, 2.24) is 4.90 Å². The second-order valence-electron chi connectivity index (χ2n) is 8.23. The molecule has 1 fully saturated rings. The van der Waals surface area contributed by atoms with E-state index in [9.17, 15) is 18.0 Å². The lowest BCUT2D eigenvalue weighted by atomic mass is 10.1. The highest BCUT2D eigenvalue weighted by Crippen LogP contribution is 2.36. The topological polar surface area (TPSA) is 96.0 Å². The van der Waals surface area contributed by atoms with Gasteiger partial charge in [0.25, 0.3) is 11.8 Å². The normalized spacial score (nSPS) is 18.7. The van der Waals surface area contributed by atoms with Crippen LogP contribution in [-0.2, 0) is 14.8 Å². The quantitative estimate of drug-likeness (QED) is 0.706. The zero-order valence-corrected chi connectivity index (χ0v) is 19.9. The molecule has 0 aliphatic carbocycles. The summed E-state index contributed by atoms with van der Waals surface area (Å²) in [5.74, 6) is -0.319. The molecule has 1 unspecified atom stereocenters. The number of anilines is 2. The first kappa shape index (κ1) is 23.4. The van der Waals surface area contributed by atoms with Crippen LogP contribution in [0, 0.1) is 0 Å². The Bertz CT molecular complexity index is 1160. The summed E-state index contributed by atoms with van der Waals surface area (Å²) in [5, 5.41) is 3.18. The molecule has 0 aromatic heterocycles. The Morgan fingerprint density at radius 3 is 2.52 bits per heavy atom. The molecule has 2 aromatic rings. The Hall–Kier alpha value is -2.78. The third kappa shape index (κ3) is 5.25. The average molecular weight is 492 g/mol. The van der Waals surface area contributed by atoms with Crippen molar-refractivity contribution in [2.75, 3.05) is 35.5 Å². The Balaban J connectivity index is 1.56. The van der Waals surface area contributed by atoms with Crippen molar-refractivity contribution in [3.8, 4) is 5.75 Å². The summed E-state index contributed by atoms with van der Waals surface area (Å²) in [4.78, 5) is 28.0. The molecule has 0 saturated carbocycles. The molecule has 2 aromatic carbocycles. The van der Waals surface area contributed by atoms with E-state index in [1.165, 1.54) is 10.4 Å². The SMILES string of the molecule is CS(=O)(=O)N1CCC(C(=O)Nc2ccccc2C(=O)N2CCCCC2)Oc2ccc(Cl)cc21. The molecule has 10 heteroatoms. The van der Waals surface area contributed by atoms with Crippen molar-refractivity contribution < 1.29 is 22.7 Å². The molecule has 2 heterocycles. The maximum absolute atomic E-state index is 13.1. The molecular formula is C23H26ClN3O5S. The second-order valence-corrected chi connectivity index (χ2v) is 10.6. The van der Waals surface area contributed by atoms with Crippen LogP contribution in [0.1, 0.15) is 36.0 Å². The lowest BCUT2D eigenvalue weighted by Crippen LogP contribution is -2.38. The van der Waals surface area contributed by atoms with E-state index in [0.29, 0.717) is 35.1 Å². The minimum absolute atomic E-state index is 0.0542. The van der Waals surface area contributed by atoms with Gasteiger partial charge in [0.1, 0.15) is 5.75 Å². The number of benzene rings is 2. The maximum Gasteiger partial charge on any atom is 0.265 e. The number of nitrogens with zero attached hydrogens (tertiary/aromatic N) is 2. The summed E-state index contributed by atoms with van der Waals surface area (Å²) in [6.07, 6.45) is 3.33. The van der Waals surface area contributed by atoms with Gasteiger partial charge in [-0.05, 0) is 49.6 Å². The molecule has 0 bridgehead atoms. The van der Waals surface area contributed by atoms with Gasteiger partial charge in [-0.25, -0.2) is 8.42 Å². The summed E-state index contributed by atoms with van der Waals surface area (Å²) in [5.41, 5.74) is 1.12. The van der Waals surface area contributed by atoms with Gasteiger partial charge < -0.3 is 15.0 Å². The highest BCUT2D eigenvalue weighted by molar-refractivity contribution is 7.92. The third-order valence-corrected chi connectivity index (χ3v) is 7.22. The van der Waals surface area contributed by atoms with E-state index in [-0.39, 0.29) is 24.6 Å². The van der Waals surface area contributed by atoms with Gasteiger partial charge in [-0.15, -0.1) is 0 Å². The minimum Gasteiger partial charge on any atom is -0.478 e. The molecule has 4 rings (SSSR count). The standard InChI is InChI=1S/C23H26ClN3O5S/c1-33(30,31)27-14-11-21(32-20-10-9-16(24)15-19(20)27)22(28)25-18-8-4-3-7-17(18)23(29)26-12-5-2-6-13-26/h3-4,7-10,15,21H,2,5-6,11-14H2,1H3,(H,25,28). The number of ether oxygens (including phenoxy) is 1. The first-order valence-corrected chi connectivity index (χ1v) is 13.1. The number of hydrogen-bond acceptors (Lipinski definition) is 5. The fourth-order valence-electron chi connectivity index (χ4n) is 4.14. The molecular weight excluding hydrogens is 466 g/mol. The van der Waals surface area contributed by atoms with E-state index in [0.717, 1.165) is 25.5 Å². The van der Waals surface area contributed by atoms with E-state index in [4.69, 9.17) is 16.3 Å². The molecule has 2 aliphatic rings. The number of carbonyl (C=O) groups is 2. The van der Waals surface area contributed by atoms with Gasteiger partial charge in [-0.1, -0.05) is 23.7 Å². The first-order valence-electron chi connectivity index (χ1n) is 10.9. The monoisotopic (exact) mass is 491 g/mol. The van der Waals surface area contributed by atoms with E-state index >= 15 is 0 Å². The Kier molecular flexibility index (Phi) is 6.81. The molecule has 33 heavy (non-hydrogen) atoms. The van der Waals surface area contributed by atoms with Crippen LogP contribution in [-0.4, -0.2) is 57.1 Å².